The van der Waals surface area contributed by atoms with Gasteiger partial charge in [-0.15, -0.1) is 11.3 Å². The number of ether oxygens (including phenoxy) is 2. The highest BCUT2D eigenvalue weighted by atomic mass is 32.1. The van der Waals surface area contributed by atoms with Crippen LogP contribution in [0.5, 0.6) is 5.75 Å². The summed E-state index contributed by atoms with van der Waals surface area (Å²) in [6.45, 7) is 8.34. The molecule has 1 aromatic heterocycles. The first-order valence-corrected chi connectivity index (χ1v) is 11.8. The first-order valence-electron chi connectivity index (χ1n) is 11.0. The molecule has 2 aliphatic heterocycles. The first kappa shape index (κ1) is 20.7. The molecular formula is C24H29N3O3S. The molecule has 0 spiro atoms. The fourth-order valence-corrected chi connectivity index (χ4v) is 5.30. The Balaban J connectivity index is 1.43. The number of benzene rings is 2. The number of nitrogens with one attached hydrogen (secondary N) is 1. The molecule has 3 unspecified atom stereocenters. The molecule has 7 heteroatoms. The Morgan fingerprint density at radius 1 is 1.19 bits per heavy atom. The van der Waals surface area contributed by atoms with Gasteiger partial charge in [-0.3, -0.25) is 5.32 Å². The van der Waals surface area contributed by atoms with E-state index >= 15 is 0 Å². The monoisotopic (exact) mass is 439 g/mol. The van der Waals surface area contributed by atoms with Gasteiger partial charge in [0.25, 0.3) is 0 Å². The molecule has 2 aliphatic rings. The van der Waals surface area contributed by atoms with Gasteiger partial charge in [-0.2, -0.15) is 0 Å². The summed E-state index contributed by atoms with van der Waals surface area (Å²) in [6.07, 6.45) is 0.293. The number of anilines is 1. The topological polar surface area (TPSA) is 66.9 Å². The van der Waals surface area contributed by atoms with Gasteiger partial charge in [0.05, 0.1) is 28.4 Å². The number of hydrogen-bond acceptors (Lipinski definition) is 7. The fraction of sp³-hybridized carbons (Fsp3) is 0.458. The van der Waals surface area contributed by atoms with E-state index in [4.69, 9.17) is 14.5 Å². The van der Waals surface area contributed by atoms with E-state index in [1.807, 2.05) is 6.92 Å². The maximum Gasteiger partial charge on any atom is 0.139 e. The smallest absolute Gasteiger partial charge is 0.139 e. The highest BCUT2D eigenvalue weighted by Gasteiger charge is 2.28. The molecule has 6 nitrogen and oxygen atoms in total. The molecule has 3 atom stereocenters. The average molecular weight is 440 g/mol. The lowest BCUT2D eigenvalue weighted by molar-refractivity contribution is 0.122. The quantitative estimate of drug-likeness (QED) is 0.630. The molecule has 2 saturated heterocycles. The van der Waals surface area contributed by atoms with Crippen molar-refractivity contribution in [1.82, 2.24) is 10.3 Å². The summed E-state index contributed by atoms with van der Waals surface area (Å²) in [5.74, 6) is 1.17. The zero-order chi connectivity index (χ0) is 21.4. The van der Waals surface area contributed by atoms with Crippen LogP contribution in [-0.2, 0) is 4.74 Å². The first-order chi connectivity index (χ1) is 15.1. The highest BCUT2D eigenvalue weighted by molar-refractivity contribution is 7.18. The predicted octanol–water partition coefficient (Wildman–Crippen LogP) is 3.80. The Bertz CT molecular complexity index is 1050. The lowest BCUT2D eigenvalue weighted by Crippen LogP contribution is -2.36. The lowest BCUT2D eigenvalue weighted by atomic mass is 10.0. The van der Waals surface area contributed by atoms with Gasteiger partial charge < -0.3 is 19.5 Å². The Hall–Kier alpha value is -2.19. The average Bonchev–Trinajstić information content (AvgIpc) is 3.39. The van der Waals surface area contributed by atoms with Crippen LogP contribution < -0.4 is 15.0 Å². The molecule has 0 saturated carbocycles. The summed E-state index contributed by atoms with van der Waals surface area (Å²) in [5, 5.41) is 13.9. The molecule has 31 heavy (non-hydrogen) atoms. The predicted molar refractivity (Wildman–Crippen MR) is 125 cm³/mol. The summed E-state index contributed by atoms with van der Waals surface area (Å²) < 4.78 is 13.0. The maximum atomic E-state index is 9.81. The maximum absolute atomic E-state index is 9.81. The van der Waals surface area contributed by atoms with Gasteiger partial charge in [-0.05, 0) is 55.7 Å². The number of morpholine rings is 1. The Morgan fingerprint density at radius 3 is 2.68 bits per heavy atom. The number of aryl methyl sites for hydroxylation is 1. The second-order valence-electron chi connectivity index (χ2n) is 8.44. The fourth-order valence-electron chi connectivity index (χ4n) is 4.45. The van der Waals surface area contributed by atoms with Crippen molar-refractivity contribution >= 4 is 27.2 Å². The number of aliphatic hydroxyl groups is 1. The van der Waals surface area contributed by atoms with Crippen molar-refractivity contribution < 1.29 is 14.6 Å². The summed E-state index contributed by atoms with van der Waals surface area (Å²) in [6, 6.07) is 13.0. The van der Waals surface area contributed by atoms with Gasteiger partial charge in [0.15, 0.2) is 0 Å². The van der Waals surface area contributed by atoms with Crippen LogP contribution in [0.15, 0.2) is 36.4 Å². The van der Waals surface area contributed by atoms with Gasteiger partial charge in [0.1, 0.15) is 18.1 Å². The van der Waals surface area contributed by atoms with Crippen LogP contribution >= 0.6 is 11.3 Å². The Morgan fingerprint density at radius 2 is 1.97 bits per heavy atom. The Kier molecular flexibility index (Phi) is 5.84. The number of thiazole rings is 1. The largest absolute Gasteiger partial charge is 0.489 e. The van der Waals surface area contributed by atoms with Crippen molar-refractivity contribution in [2.24, 2.45) is 5.92 Å². The summed E-state index contributed by atoms with van der Waals surface area (Å²) in [4.78, 5) is 7.09. The third kappa shape index (κ3) is 4.41. The molecule has 0 radical (unpaired) electrons. The van der Waals surface area contributed by atoms with Crippen LogP contribution in [0.3, 0.4) is 0 Å². The van der Waals surface area contributed by atoms with Crippen molar-refractivity contribution in [2.75, 3.05) is 37.7 Å². The van der Waals surface area contributed by atoms with Crippen LogP contribution in [-0.4, -0.2) is 55.3 Å². The van der Waals surface area contributed by atoms with Crippen LogP contribution in [0.2, 0.25) is 0 Å². The molecular weight excluding hydrogens is 410 g/mol. The minimum atomic E-state index is -0.432. The van der Waals surface area contributed by atoms with Crippen LogP contribution in [0.4, 0.5) is 5.69 Å². The van der Waals surface area contributed by atoms with E-state index in [0.29, 0.717) is 6.42 Å². The standard InChI is InChI=1S/C24H29N3O3S/c1-15(19-13-23(28)25-14-19)30-22-12-18(11-21-24(22)31-16(2)26-21)17-3-5-20(6-4-17)27-7-9-29-10-8-27/h3-6,11-12,15,19,23,25,28H,7-10,13-14H2,1-2H3. The number of fused-ring (bicyclic) bond motifs is 1. The second-order valence-corrected chi connectivity index (χ2v) is 9.65. The number of hydrogen-bond donors (Lipinski definition) is 2. The molecule has 5 rings (SSSR count). The van der Waals surface area contributed by atoms with Crippen LogP contribution in [0.1, 0.15) is 18.4 Å². The van der Waals surface area contributed by atoms with Gasteiger partial charge in [0, 0.05) is 31.2 Å². The van der Waals surface area contributed by atoms with Crippen molar-refractivity contribution in [3.8, 4) is 16.9 Å². The van der Waals surface area contributed by atoms with Crippen LogP contribution in [0, 0.1) is 12.8 Å². The van der Waals surface area contributed by atoms with Crippen molar-refractivity contribution in [3.05, 3.63) is 41.4 Å². The molecule has 0 bridgehead atoms. The van der Waals surface area contributed by atoms with E-state index in [9.17, 15) is 5.11 Å². The minimum absolute atomic E-state index is 0.00852. The van der Waals surface area contributed by atoms with E-state index < -0.39 is 6.23 Å². The number of rotatable bonds is 5. The van der Waals surface area contributed by atoms with Crippen LogP contribution in [0.25, 0.3) is 21.3 Å². The minimum Gasteiger partial charge on any atom is -0.489 e. The van der Waals surface area contributed by atoms with Gasteiger partial charge in [-0.1, -0.05) is 12.1 Å². The normalized spacial score (nSPS) is 22.7. The third-order valence-corrected chi connectivity index (χ3v) is 7.26. The molecule has 0 aliphatic carbocycles. The van der Waals surface area contributed by atoms with E-state index in [1.165, 1.54) is 5.69 Å². The third-order valence-electron chi connectivity index (χ3n) is 6.26. The summed E-state index contributed by atoms with van der Waals surface area (Å²) >= 11 is 1.67. The van der Waals surface area contributed by atoms with Crippen molar-refractivity contribution in [3.63, 3.8) is 0 Å². The molecule has 3 heterocycles. The Labute approximate surface area is 186 Å². The zero-order valence-electron chi connectivity index (χ0n) is 18.0. The van der Waals surface area contributed by atoms with Gasteiger partial charge in [-0.25, -0.2) is 4.98 Å². The number of aliphatic hydroxyl groups excluding tert-OH is 1. The molecule has 2 aromatic carbocycles. The second kappa shape index (κ2) is 8.74. The van der Waals surface area contributed by atoms with Gasteiger partial charge >= 0.3 is 0 Å². The number of nitrogens with zero attached hydrogens (tertiary/aromatic N) is 2. The van der Waals surface area contributed by atoms with Crippen molar-refractivity contribution in [2.45, 2.75) is 32.6 Å². The van der Waals surface area contributed by atoms with E-state index in [-0.39, 0.29) is 12.0 Å². The van der Waals surface area contributed by atoms with E-state index in [1.54, 1.807) is 11.3 Å². The molecule has 2 fully saturated rings. The summed E-state index contributed by atoms with van der Waals surface area (Å²) in [5.41, 5.74) is 4.47. The zero-order valence-corrected chi connectivity index (χ0v) is 18.8. The highest BCUT2D eigenvalue weighted by Crippen LogP contribution is 2.38. The van der Waals surface area contributed by atoms with E-state index in [0.717, 1.165) is 64.9 Å². The number of aromatic nitrogens is 1. The van der Waals surface area contributed by atoms with Crippen molar-refractivity contribution in [1.29, 1.82) is 0 Å². The summed E-state index contributed by atoms with van der Waals surface area (Å²) in [7, 11) is 0. The van der Waals surface area contributed by atoms with Gasteiger partial charge in [0.2, 0.25) is 0 Å². The SMILES string of the molecule is Cc1nc2cc(-c3ccc(N4CCOCC4)cc3)cc(OC(C)C3CNC(O)C3)c2s1. The molecule has 164 valence electrons. The molecule has 2 N–H and O–H groups in total. The molecule has 3 aromatic rings. The molecule has 0 amide bonds. The lowest BCUT2D eigenvalue weighted by Gasteiger charge is -2.29. The van der Waals surface area contributed by atoms with E-state index in [2.05, 4.69) is 53.5 Å².